The molecule has 0 atom stereocenters. The number of sulfonamides is 1. The smallest absolute Gasteiger partial charge is 0.306 e. The van der Waals surface area contributed by atoms with Crippen molar-refractivity contribution >= 4 is 16.0 Å². The third-order valence-electron chi connectivity index (χ3n) is 2.36. The second kappa shape index (κ2) is 6.93. The zero-order valence-corrected chi connectivity index (χ0v) is 11.3. The van der Waals surface area contributed by atoms with E-state index in [-0.39, 0.29) is 30.7 Å². The van der Waals surface area contributed by atoms with Gasteiger partial charge in [0, 0.05) is 13.2 Å². The lowest BCUT2D eigenvalue weighted by atomic mass is 9.90. The maximum Gasteiger partial charge on any atom is 0.306 e. The summed E-state index contributed by atoms with van der Waals surface area (Å²) >= 11 is 0. The van der Waals surface area contributed by atoms with Crippen molar-refractivity contribution in [2.75, 3.05) is 26.0 Å². The van der Waals surface area contributed by atoms with Gasteiger partial charge in [-0.1, -0.05) is 13.8 Å². The molecular weight excluding hydrogens is 246 g/mol. The van der Waals surface area contributed by atoms with Crippen LogP contribution in [0.3, 0.4) is 0 Å². The fourth-order valence-corrected chi connectivity index (χ4v) is 2.28. The summed E-state index contributed by atoms with van der Waals surface area (Å²) in [6.45, 7) is 3.95. The first kappa shape index (κ1) is 16.3. The number of aliphatic hydroxyl groups excluding tert-OH is 1. The Bertz CT molecular complexity index is 337. The van der Waals surface area contributed by atoms with E-state index in [1.807, 2.05) is 13.8 Å². The van der Waals surface area contributed by atoms with Crippen LogP contribution in [0, 0.1) is 5.41 Å². The Morgan fingerprint density at radius 1 is 1.41 bits per heavy atom. The van der Waals surface area contributed by atoms with Crippen molar-refractivity contribution in [1.29, 1.82) is 0 Å². The monoisotopic (exact) mass is 267 g/mol. The molecule has 0 aliphatic carbocycles. The quantitative estimate of drug-likeness (QED) is 0.598. The lowest BCUT2D eigenvalue weighted by molar-refractivity contribution is -0.140. The van der Waals surface area contributed by atoms with Crippen molar-refractivity contribution in [3.63, 3.8) is 0 Å². The number of hydrogen-bond donors (Lipinski definition) is 2. The first-order valence-corrected chi connectivity index (χ1v) is 7.03. The number of carbonyl (C=O) groups is 1. The van der Waals surface area contributed by atoms with Gasteiger partial charge in [0.05, 0.1) is 19.3 Å². The second-order valence-corrected chi connectivity index (χ2v) is 6.53. The first-order chi connectivity index (χ1) is 7.72. The Labute approximate surface area is 102 Å². The molecule has 0 bridgehead atoms. The third-order valence-corrected chi connectivity index (χ3v) is 3.69. The molecule has 0 aliphatic heterocycles. The van der Waals surface area contributed by atoms with E-state index in [1.165, 1.54) is 7.11 Å². The van der Waals surface area contributed by atoms with Crippen molar-refractivity contribution in [3.05, 3.63) is 0 Å². The van der Waals surface area contributed by atoms with Crippen LogP contribution in [0.15, 0.2) is 0 Å². The Morgan fingerprint density at radius 2 is 2.00 bits per heavy atom. The van der Waals surface area contributed by atoms with E-state index < -0.39 is 16.0 Å². The van der Waals surface area contributed by atoms with Crippen LogP contribution in [0.1, 0.15) is 26.7 Å². The molecule has 0 saturated heterocycles. The summed E-state index contributed by atoms with van der Waals surface area (Å²) in [7, 11) is -2.26. The average Bonchev–Trinajstić information content (AvgIpc) is 2.24. The maximum atomic E-state index is 11.5. The molecule has 0 saturated carbocycles. The van der Waals surface area contributed by atoms with Crippen LogP contribution in [0.25, 0.3) is 0 Å². The van der Waals surface area contributed by atoms with Crippen LogP contribution in [0.5, 0.6) is 0 Å². The number of aliphatic hydroxyl groups is 1. The summed E-state index contributed by atoms with van der Waals surface area (Å²) in [6.07, 6.45) is 0.346. The van der Waals surface area contributed by atoms with Gasteiger partial charge >= 0.3 is 5.97 Å². The van der Waals surface area contributed by atoms with Gasteiger partial charge in [-0.15, -0.1) is 0 Å². The number of ether oxygens (including phenoxy) is 1. The van der Waals surface area contributed by atoms with E-state index >= 15 is 0 Å². The van der Waals surface area contributed by atoms with Crippen molar-refractivity contribution in [2.24, 2.45) is 5.41 Å². The highest BCUT2D eigenvalue weighted by Crippen LogP contribution is 2.18. The first-order valence-electron chi connectivity index (χ1n) is 5.37. The third kappa shape index (κ3) is 8.12. The van der Waals surface area contributed by atoms with Gasteiger partial charge < -0.3 is 9.84 Å². The molecule has 0 fully saturated rings. The summed E-state index contributed by atoms with van der Waals surface area (Å²) < 4.78 is 29.8. The average molecular weight is 267 g/mol. The number of carbonyl (C=O) groups excluding carboxylic acids is 1. The van der Waals surface area contributed by atoms with E-state index in [2.05, 4.69) is 9.46 Å². The Morgan fingerprint density at radius 3 is 2.47 bits per heavy atom. The summed E-state index contributed by atoms with van der Waals surface area (Å²) in [6, 6.07) is 0. The highest BCUT2D eigenvalue weighted by molar-refractivity contribution is 7.89. The lowest BCUT2D eigenvalue weighted by Crippen LogP contribution is -2.36. The second-order valence-electron chi connectivity index (χ2n) is 4.60. The predicted molar refractivity (Wildman–Crippen MR) is 63.9 cm³/mol. The van der Waals surface area contributed by atoms with Crippen molar-refractivity contribution in [2.45, 2.75) is 26.7 Å². The molecule has 2 N–H and O–H groups in total. The number of esters is 1. The zero-order chi connectivity index (χ0) is 13.5. The van der Waals surface area contributed by atoms with Gasteiger partial charge in [0.25, 0.3) is 0 Å². The summed E-state index contributed by atoms with van der Waals surface area (Å²) in [4.78, 5) is 10.8. The number of nitrogens with one attached hydrogen (secondary N) is 1. The van der Waals surface area contributed by atoms with Gasteiger partial charge in [0.1, 0.15) is 0 Å². The molecule has 0 heterocycles. The fraction of sp³-hybridized carbons (Fsp3) is 0.900. The standard InChI is InChI=1S/C10H21NO5S/c1-10(2,5-6-12)8-11-17(14,15)7-4-9(13)16-3/h11-12H,4-8H2,1-3H3. The molecule has 102 valence electrons. The summed E-state index contributed by atoms with van der Waals surface area (Å²) in [5.41, 5.74) is -0.312. The molecule has 0 aliphatic rings. The summed E-state index contributed by atoms with van der Waals surface area (Å²) in [5, 5.41) is 8.80. The molecule has 7 heteroatoms. The largest absolute Gasteiger partial charge is 0.469 e. The van der Waals surface area contributed by atoms with E-state index in [0.717, 1.165) is 0 Å². The molecular formula is C10H21NO5S. The van der Waals surface area contributed by atoms with Crippen molar-refractivity contribution in [1.82, 2.24) is 4.72 Å². The van der Waals surface area contributed by atoms with Gasteiger partial charge in [0.15, 0.2) is 0 Å². The highest BCUT2D eigenvalue weighted by atomic mass is 32.2. The lowest BCUT2D eigenvalue weighted by Gasteiger charge is -2.23. The molecule has 0 spiro atoms. The van der Waals surface area contributed by atoms with Crippen LogP contribution in [0.2, 0.25) is 0 Å². The Kier molecular flexibility index (Phi) is 6.66. The van der Waals surface area contributed by atoms with Crippen molar-refractivity contribution < 1.29 is 23.1 Å². The molecule has 0 aromatic rings. The number of hydrogen-bond acceptors (Lipinski definition) is 5. The number of rotatable bonds is 8. The minimum atomic E-state index is -3.47. The van der Waals surface area contributed by atoms with E-state index in [4.69, 9.17) is 5.11 Å². The van der Waals surface area contributed by atoms with E-state index in [9.17, 15) is 13.2 Å². The van der Waals surface area contributed by atoms with Gasteiger partial charge in [-0.3, -0.25) is 4.79 Å². The van der Waals surface area contributed by atoms with E-state index in [0.29, 0.717) is 6.42 Å². The van der Waals surface area contributed by atoms with Crippen LogP contribution < -0.4 is 4.72 Å². The maximum absolute atomic E-state index is 11.5. The fourth-order valence-electron chi connectivity index (χ4n) is 1.09. The molecule has 0 aromatic heterocycles. The van der Waals surface area contributed by atoms with Gasteiger partial charge in [-0.05, 0) is 11.8 Å². The van der Waals surface area contributed by atoms with Gasteiger partial charge in [-0.25, -0.2) is 13.1 Å². The zero-order valence-electron chi connectivity index (χ0n) is 10.5. The minimum Gasteiger partial charge on any atom is -0.469 e. The normalized spacial score (nSPS) is 12.5. The van der Waals surface area contributed by atoms with Crippen molar-refractivity contribution in [3.8, 4) is 0 Å². The molecule has 0 aromatic carbocycles. The molecule has 6 nitrogen and oxygen atoms in total. The van der Waals surface area contributed by atoms with Crippen LogP contribution in [-0.4, -0.2) is 45.5 Å². The molecule has 0 amide bonds. The topological polar surface area (TPSA) is 92.7 Å². The van der Waals surface area contributed by atoms with Crippen LogP contribution in [0.4, 0.5) is 0 Å². The SMILES string of the molecule is COC(=O)CCS(=O)(=O)NCC(C)(C)CCO. The molecule has 0 radical (unpaired) electrons. The predicted octanol–water partition coefficient (Wildman–Crippen LogP) is -0.122. The van der Waals surface area contributed by atoms with Gasteiger partial charge in [-0.2, -0.15) is 0 Å². The molecule has 0 rings (SSSR count). The van der Waals surface area contributed by atoms with Gasteiger partial charge in [0.2, 0.25) is 10.0 Å². The molecule has 0 unspecified atom stereocenters. The van der Waals surface area contributed by atoms with Crippen LogP contribution in [-0.2, 0) is 19.6 Å². The summed E-state index contributed by atoms with van der Waals surface area (Å²) in [5.74, 6) is -0.834. The van der Waals surface area contributed by atoms with Crippen LogP contribution >= 0.6 is 0 Å². The Balaban J connectivity index is 4.14. The minimum absolute atomic E-state index is 0.0108. The highest BCUT2D eigenvalue weighted by Gasteiger charge is 2.21. The van der Waals surface area contributed by atoms with E-state index in [1.54, 1.807) is 0 Å². The molecule has 17 heavy (non-hydrogen) atoms. The number of methoxy groups -OCH3 is 1. The Hall–Kier alpha value is -0.660.